The Morgan fingerprint density at radius 1 is 0.536 bits per heavy atom. The molecule has 8 aromatic rings. The fraction of sp³-hybridized carbons (Fsp3) is 0.200. The number of rotatable bonds is 8. The molecule has 16 heteroatoms. The van der Waals surface area contributed by atoms with Crippen molar-refractivity contribution in [2.75, 3.05) is 14.2 Å². The molecule has 4 aromatic heterocycles. The molecule has 4 heterocycles. The van der Waals surface area contributed by atoms with Gasteiger partial charge in [-0.15, -0.1) is 20.4 Å². The molecule has 2 aliphatic carbocycles. The average Bonchev–Trinajstić information content (AvgIpc) is 4.14. The van der Waals surface area contributed by atoms with Gasteiger partial charge in [0, 0.05) is 11.1 Å². The van der Waals surface area contributed by atoms with Gasteiger partial charge in [0.15, 0.2) is 34.9 Å². The molecule has 0 unspecified atom stereocenters. The van der Waals surface area contributed by atoms with Crippen molar-refractivity contribution in [2.45, 2.75) is 36.5 Å². The van der Waals surface area contributed by atoms with Crippen LogP contribution >= 0.6 is 0 Å². The topological polar surface area (TPSA) is 130 Å². The molecule has 0 spiro atoms. The van der Waals surface area contributed by atoms with Gasteiger partial charge in [0.25, 0.3) is 11.6 Å². The van der Waals surface area contributed by atoms with E-state index in [0.717, 1.165) is 78.4 Å². The Morgan fingerprint density at radius 2 is 1.04 bits per heavy atom. The van der Waals surface area contributed by atoms with Crippen molar-refractivity contribution in [3.05, 3.63) is 143 Å². The van der Waals surface area contributed by atoms with Crippen LogP contribution in [-0.4, -0.2) is 63.8 Å². The normalized spacial score (nSPS) is 15.0. The fourth-order valence-electron chi connectivity index (χ4n) is 6.93. The van der Waals surface area contributed by atoms with Crippen LogP contribution in [0.5, 0.6) is 11.5 Å². The largest absolute Gasteiger partial charge is 0.497 e. The monoisotopic (exact) mass is 758 g/mol. The molecular formula is C40H30F4N10O2. The van der Waals surface area contributed by atoms with Crippen LogP contribution in [-0.2, 0) is 10.8 Å². The SMILES string of the molecule is COc1ccc(C2(c3nnc4nc(-c5ccc(F)c(F)c5)cnn34)CC2)cc1.COc1ccc(C2(c3nnc4ncc(-c5ccc(F)c(F)c5)nn34)CC2)cc1. The van der Waals surface area contributed by atoms with E-state index in [2.05, 4.69) is 40.6 Å². The van der Waals surface area contributed by atoms with E-state index < -0.39 is 23.3 Å². The number of hydrogen-bond acceptors (Lipinski definition) is 10. The van der Waals surface area contributed by atoms with Gasteiger partial charge >= 0.3 is 0 Å². The van der Waals surface area contributed by atoms with Crippen LogP contribution in [0, 0.1) is 23.3 Å². The summed E-state index contributed by atoms with van der Waals surface area (Å²) < 4.78 is 67.2. The number of nitrogens with zero attached hydrogens (tertiary/aromatic N) is 10. The molecule has 2 fully saturated rings. The molecule has 0 bridgehead atoms. The molecule has 0 N–H and O–H groups in total. The number of hydrogen-bond donors (Lipinski definition) is 0. The Morgan fingerprint density at radius 3 is 1.54 bits per heavy atom. The van der Waals surface area contributed by atoms with E-state index in [9.17, 15) is 17.6 Å². The van der Waals surface area contributed by atoms with Gasteiger partial charge in [-0.3, -0.25) is 0 Å². The first-order valence-corrected chi connectivity index (χ1v) is 17.6. The highest BCUT2D eigenvalue weighted by Gasteiger charge is 2.51. The van der Waals surface area contributed by atoms with Gasteiger partial charge in [0.1, 0.15) is 17.2 Å². The maximum Gasteiger partial charge on any atom is 0.272 e. The van der Waals surface area contributed by atoms with Crippen molar-refractivity contribution in [1.82, 2.24) is 49.6 Å². The van der Waals surface area contributed by atoms with Crippen molar-refractivity contribution in [3.63, 3.8) is 0 Å². The number of benzene rings is 4. The summed E-state index contributed by atoms with van der Waals surface area (Å²) in [5.41, 5.74) is 3.36. The van der Waals surface area contributed by atoms with E-state index in [1.165, 1.54) is 24.5 Å². The lowest BCUT2D eigenvalue weighted by molar-refractivity contribution is 0.414. The molecule has 12 nitrogen and oxygen atoms in total. The average molecular weight is 759 g/mol. The molecule has 10 rings (SSSR count). The van der Waals surface area contributed by atoms with Crippen LogP contribution < -0.4 is 9.47 Å². The molecule has 56 heavy (non-hydrogen) atoms. The molecule has 2 saturated carbocycles. The minimum Gasteiger partial charge on any atom is -0.497 e. The van der Waals surface area contributed by atoms with Crippen LogP contribution in [0.3, 0.4) is 0 Å². The van der Waals surface area contributed by atoms with Gasteiger partial charge in [-0.1, -0.05) is 24.3 Å². The summed E-state index contributed by atoms with van der Waals surface area (Å²) in [6.07, 6.45) is 6.69. The second-order valence-electron chi connectivity index (χ2n) is 13.6. The number of aromatic nitrogens is 10. The summed E-state index contributed by atoms with van der Waals surface area (Å²) in [5.74, 6) is -0.0117. The minimum absolute atomic E-state index is 0.246. The quantitative estimate of drug-likeness (QED) is 0.148. The van der Waals surface area contributed by atoms with Gasteiger partial charge in [0.2, 0.25) is 0 Å². The van der Waals surface area contributed by atoms with Crippen LogP contribution in [0.2, 0.25) is 0 Å². The van der Waals surface area contributed by atoms with Gasteiger partial charge in [0.05, 0.1) is 43.1 Å². The highest BCUT2D eigenvalue weighted by Crippen LogP contribution is 2.53. The van der Waals surface area contributed by atoms with Gasteiger partial charge < -0.3 is 9.47 Å². The summed E-state index contributed by atoms with van der Waals surface area (Å²) in [7, 11) is 3.26. The zero-order chi connectivity index (χ0) is 38.6. The third kappa shape index (κ3) is 6.02. The molecular weight excluding hydrogens is 728 g/mol. The first-order valence-electron chi connectivity index (χ1n) is 17.6. The van der Waals surface area contributed by atoms with E-state index in [1.54, 1.807) is 23.3 Å². The molecule has 280 valence electrons. The Bertz CT molecular complexity index is 2750. The lowest BCUT2D eigenvalue weighted by Gasteiger charge is -2.14. The lowest BCUT2D eigenvalue weighted by atomic mass is 9.95. The Kier molecular flexibility index (Phi) is 8.40. The minimum atomic E-state index is -0.933. The second kappa shape index (κ2) is 13.5. The van der Waals surface area contributed by atoms with E-state index in [0.29, 0.717) is 39.9 Å². The summed E-state index contributed by atoms with van der Waals surface area (Å²) >= 11 is 0. The lowest BCUT2D eigenvalue weighted by Crippen LogP contribution is -2.15. The highest BCUT2D eigenvalue weighted by molar-refractivity contribution is 5.60. The van der Waals surface area contributed by atoms with Gasteiger partial charge in [-0.25, -0.2) is 27.5 Å². The Labute approximate surface area is 315 Å². The number of methoxy groups -OCH3 is 2. The molecule has 4 aromatic carbocycles. The summed E-state index contributed by atoms with van der Waals surface area (Å²) in [6.45, 7) is 0. The molecule has 0 atom stereocenters. The smallest absolute Gasteiger partial charge is 0.272 e. The maximum atomic E-state index is 13.6. The third-order valence-corrected chi connectivity index (χ3v) is 10.3. The first kappa shape index (κ1) is 34.9. The standard InChI is InChI=1S/2C20H15F2N5O/c1-28-14-5-3-13(4-6-14)20(8-9-20)18-25-26-19-24-17(11-23-27(18)19)12-2-7-15(21)16(22)10-12;1-28-14-5-3-13(4-6-14)20(8-9-20)18-24-25-19-23-11-17(26-27(18)19)12-2-7-15(21)16(22)10-12/h2*2-7,10-11H,8-9H2,1H3. The van der Waals surface area contributed by atoms with E-state index in [4.69, 9.17) is 9.47 Å². The third-order valence-electron chi connectivity index (χ3n) is 10.3. The second-order valence-corrected chi connectivity index (χ2v) is 13.6. The van der Waals surface area contributed by atoms with Crippen LogP contribution in [0.4, 0.5) is 17.6 Å². The molecule has 0 aliphatic heterocycles. The summed E-state index contributed by atoms with van der Waals surface area (Å²) in [6, 6.07) is 23.0. The van der Waals surface area contributed by atoms with Crippen molar-refractivity contribution in [3.8, 4) is 34.0 Å². The highest BCUT2D eigenvalue weighted by atomic mass is 19.2. The first-order chi connectivity index (χ1) is 27.2. The zero-order valence-corrected chi connectivity index (χ0v) is 29.9. The maximum absolute atomic E-state index is 13.6. The fourth-order valence-corrected chi connectivity index (χ4v) is 6.93. The predicted molar refractivity (Wildman–Crippen MR) is 194 cm³/mol. The number of fused-ring (bicyclic) bond motifs is 2. The summed E-state index contributed by atoms with van der Waals surface area (Å²) in [5, 5.41) is 25.9. The summed E-state index contributed by atoms with van der Waals surface area (Å²) in [4.78, 5) is 8.70. The van der Waals surface area contributed by atoms with Crippen molar-refractivity contribution in [1.29, 1.82) is 0 Å². The molecule has 0 amide bonds. The van der Waals surface area contributed by atoms with Crippen molar-refractivity contribution >= 4 is 11.6 Å². The molecule has 2 aliphatic rings. The number of ether oxygens (including phenoxy) is 2. The zero-order valence-electron chi connectivity index (χ0n) is 29.9. The van der Waals surface area contributed by atoms with Crippen LogP contribution in [0.1, 0.15) is 48.5 Å². The predicted octanol–water partition coefficient (Wildman–Crippen LogP) is 7.11. The van der Waals surface area contributed by atoms with Crippen LogP contribution in [0.15, 0.2) is 97.3 Å². The molecule has 0 saturated heterocycles. The van der Waals surface area contributed by atoms with Crippen LogP contribution in [0.25, 0.3) is 34.1 Å². The van der Waals surface area contributed by atoms with E-state index in [-0.39, 0.29) is 10.8 Å². The van der Waals surface area contributed by atoms with Crippen molar-refractivity contribution < 1.29 is 27.0 Å². The number of halogens is 4. The van der Waals surface area contributed by atoms with Gasteiger partial charge in [-0.2, -0.15) is 19.2 Å². The Balaban J connectivity index is 0.000000146. The molecule has 0 radical (unpaired) electrons. The van der Waals surface area contributed by atoms with E-state index in [1.807, 2.05) is 48.5 Å². The van der Waals surface area contributed by atoms with Gasteiger partial charge in [-0.05, 0) is 97.5 Å². The van der Waals surface area contributed by atoms with Crippen molar-refractivity contribution in [2.24, 2.45) is 0 Å². The van der Waals surface area contributed by atoms with E-state index >= 15 is 0 Å². The Hall–Kier alpha value is -6.84.